The predicted molar refractivity (Wildman–Crippen MR) is 73.5 cm³/mol. The largest absolute Gasteiger partial charge is 0.493 e. The molecule has 0 fully saturated rings. The van der Waals surface area contributed by atoms with Crippen LogP contribution >= 0.6 is 11.6 Å². The van der Waals surface area contributed by atoms with Crippen LogP contribution in [0.15, 0.2) is 36.7 Å². The lowest BCUT2D eigenvalue weighted by Crippen LogP contribution is -2.05. The summed E-state index contributed by atoms with van der Waals surface area (Å²) >= 11 is 5.85. The summed E-state index contributed by atoms with van der Waals surface area (Å²) in [5, 5.41) is 9.47. The highest BCUT2D eigenvalue weighted by atomic mass is 35.5. The number of carboxylic acids is 1. The van der Waals surface area contributed by atoms with Gasteiger partial charge in [-0.25, -0.2) is 4.79 Å². The number of benzene rings is 1. The molecule has 0 unspecified atom stereocenters. The first-order valence-electron chi connectivity index (χ1n) is 5.74. The summed E-state index contributed by atoms with van der Waals surface area (Å²) in [6.07, 6.45) is 3.29. The molecular formula is C14H12ClNO4. The molecule has 6 heteroatoms. The van der Waals surface area contributed by atoms with Gasteiger partial charge < -0.3 is 14.6 Å². The maximum Gasteiger partial charge on any atom is 0.339 e. The summed E-state index contributed by atoms with van der Waals surface area (Å²) in [5.74, 6) is -0.709. The number of methoxy groups -OCH3 is 1. The smallest absolute Gasteiger partial charge is 0.339 e. The summed E-state index contributed by atoms with van der Waals surface area (Å²) in [6, 6.07) is 6.43. The van der Waals surface area contributed by atoms with Gasteiger partial charge in [-0.1, -0.05) is 17.7 Å². The van der Waals surface area contributed by atoms with E-state index in [1.807, 2.05) is 6.07 Å². The van der Waals surface area contributed by atoms with Crippen molar-refractivity contribution in [2.24, 2.45) is 0 Å². The van der Waals surface area contributed by atoms with Crippen molar-refractivity contribution in [3.8, 4) is 11.5 Å². The van der Waals surface area contributed by atoms with Gasteiger partial charge in [0.1, 0.15) is 12.2 Å². The Kier molecular flexibility index (Phi) is 4.42. The van der Waals surface area contributed by atoms with E-state index in [4.69, 9.17) is 21.1 Å². The molecule has 0 saturated carbocycles. The van der Waals surface area contributed by atoms with Crippen LogP contribution in [0, 0.1) is 0 Å². The Morgan fingerprint density at radius 2 is 2.25 bits per heavy atom. The fourth-order valence-electron chi connectivity index (χ4n) is 1.67. The number of aromatic nitrogens is 1. The van der Waals surface area contributed by atoms with Crippen LogP contribution in [0.25, 0.3) is 0 Å². The highest BCUT2D eigenvalue weighted by molar-refractivity contribution is 6.31. The standard InChI is InChI=1S/C14H12ClNO4/c1-19-12-6-10(15)5-11(14(17)18)13(12)20-8-9-3-2-4-16-7-9/h2-7H,8H2,1H3,(H,17,18). The zero-order valence-electron chi connectivity index (χ0n) is 10.7. The Labute approximate surface area is 120 Å². The second-order valence-electron chi connectivity index (χ2n) is 3.94. The van der Waals surface area contributed by atoms with Crippen LogP contribution in [0.3, 0.4) is 0 Å². The molecule has 0 saturated heterocycles. The van der Waals surface area contributed by atoms with E-state index in [2.05, 4.69) is 4.98 Å². The van der Waals surface area contributed by atoms with Gasteiger partial charge in [0.05, 0.1) is 7.11 Å². The van der Waals surface area contributed by atoms with Gasteiger partial charge in [-0.05, 0) is 12.1 Å². The second kappa shape index (κ2) is 6.25. The molecule has 0 aliphatic rings. The number of rotatable bonds is 5. The molecule has 0 atom stereocenters. The first kappa shape index (κ1) is 14.1. The molecule has 0 aliphatic heterocycles. The van der Waals surface area contributed by atoms with Gasteiger partial charge in [-0.15, -0.1) is 0 Å². The number of hydrogen-bond acceptors (Lipinski definition) is 4. The van der Waals surface area contributed by atoms with Crippen LogP contribution in [0.2, 0.25) is 5.02 Å². The molecule has 2 rings (SSSR count). The second-order valence-corrected chi connectivity index (χ2v) is 4.38. The Bertz CT molecular complexity index is 616. The average molecular weight is 294 g/mol. The monoisotopic (exact) mass is 293 g/mol. The lowest BCUT2D eigenvalue weighted by atomic mass is 10.2. The van der Waals surface area contributed by atoms with E-state index < -0.39 is 5.97 Å². The Morgan fingerprint density at radius 3 is 2.85 bits per heavy atom. The maximum atomic E-state index is 11.2. The molecule has 0 radical (unpaired) electrons. The molecule has 1 N–H and O–H groups in total. The van der Waals surface area contributed by atoms with Gasteiger partial charge in [-0.3, -0.25) is 4.98 Å². The molecule has 0 aliphatic carbocycles. The lowest BCUT2D eigenvalue weighted by Gasteiger charge is -2.13. The number of nitrogens with zero attached hydrogens (tertiary/aromatic N) is 1. The van der Waals surface area contributed by atoms with Crippen molar-refractivity contribution in [1.82, 2.24) is 4.98 Å². The van der Waals surface area contributed by atoms with Gasteiger partial charge in [-0.2, -0.15) is 0 Å². The predicted octanol–water partition coefficient (Wildman–Crippen LogP) is 3.02. The summed E-state index contributed by atoms with van der Waals surface area (Å²) in [7, 11) is 1.42. The molecule has 20 heavy (non-hydrogen) atoms. The Hall–Kier alpha value is -2.27. The molecule has 2 aromatic rings. The highest BCUT2D eigenvalue weighted by Gasteiger charge is 2.18. The van der Waals surface area contributed by atoms with E-state index in [0.29, 0.717) is 0 Å². The van der Waals surface area contributed by atoms with Gasteiger partial charge in [0, 0.05) is 29.0 Å². The molecule has 5 nitrogen and oxygen atoms in total. The van der Waals surface area contributed by atoms with Crippen LogP contribution in [0.1, 0.15) is 15.9 Å². The number of carbonyl (C=O) groups is 1. The number of hydrogen-bond donors (Lipinski definition) is 1. The summed E-state index contributed by atoms with van der Waals surface area (Å²) in [4.78, 5) is 15.2. The molecule has 1 aromatic carbocycles. The molecule has 0 amide bonds. The van der Waals surface area contributed by atoms with E-state index in [-0.39, 0.29) is 28.7 Å². The molecule has 104 valence electrons. The Balaban J connectivity index is 2.32. The minimum absolute atomic E-state index is 0.0433. The van der Waals surface area contributed by atoms with Gasteiger partial charge in [0.15, 0.2) is 11.5 Å². The first-order valence-corrected chi connectivity index (χ1v) is 6.12. The number of pyridine rings is 1. The van der Waals surface area contributed by atoms with Crippen molar-refractivity contribution in [2.45, 2.75) is 6.61 Å². The zero-order chi connectivity index (χ0) is 14.5. The third-order valence-corrected chi connectivity index (χ3v) is 2.79. The summed E-state index contributed by atoms with van der Waals surface area (Å²) < 4.78 is 10.7. The normalized spacial score (nSPS) is 10.1. The lowest BCUT2D eigenvalue weighted by molar-refractivity contribution is 0.0691. The first-order chi connectivity index (χ1) is 9.61. The van der Waals surface area contributed by atoms with Gasteiger partial charge >= 0.3 is 5.97 Å². The van der Waals surface area contributed by atoms with Crippen LogP contribution in [-0.4, -0.2) is 23.2 Å². The summed E-state index contributed by atoms with van der Waals surface area (Å²) in [5.41, 5.74) is 0.777. The van der Waals surface area contributed by atoms with Gasteiger partial charge in [0.25, 0.3) is 0 Å². The van der Waals surface area contributed by atoms with Crippen molar-refractivity contribution < 1.29 is 19.4 Å². The number of halogens is 1. The van der Waals surface area contributed by atoms with Crippen LogP contribution in [0.4, 0.5) is 0 Å². The average Bonchev–Trinajstić information content (AvgIpc) is 2.46. The minimum atomic E-state index is -1.13. The van der Waals surface area contributed by atoms with Crippen molar-refractivity contribution >= 4 is 17.6 Å². The van der Waals surface area contributed by atoms with Crippen LogP contribution in [0.5, 0.6) is 11.5 Å². The van der Waals surface area contributed by atoms with E-state index in [0.717, 1.165) is 5.56 Å². The fraction of sp³-hybridized carbons (Fsp3) is 0.143. The summed E-state index contributed by atoms with van der Waals surface area (Å²) in [6.45, 7) is 0.187. The van der Waals surface area contributed by atoms with E-state index in [1.165, 1.54) is 19.2 Å². The third kappa shape index (κ3) is 3.19. The molecular weight excluding hydrogens is 282 g/mol. The SMILES string of the molecule is COc1cc(Cl)cc(C(=O)O)c1OCc1cccnc1. The molecule has 0 spiro atoms. The fourth-order valence-corrected chi connectivity index (χ4v) is 1.88. The number of aromatic carboxylic acids is 1. The van der Waals surface area contributed by atoms with Crippen molar-refractivity contribution in [3.05, 3.63) is 52.8 Å². The third-order valence-electron chi connectivity index (χ3n) is 2.58. The minimum Gasteiger partial charge on any atom is -0.493 e. The van der Waals surface area contributed by atoms with E-state index in [1.54, 1.807) is 18.5 Å². The molecule has 1 heterocycles. The molecule has 1 aromatic heterocycles. The number of ether oxygens (including phenoxy) is 2. The zero-order valence-corrected chi connectivity index (χ0v) is 11.4. The van der Waals surface area contributed by atoms with Crippen LogP contribution < -0.4 is 9.47 Å². The maximum absolute atomic E-state index is 11.2. The molecule has 0 bridgehead atoms. The van der Waals surface area contributed by atoms with Crippen molar-refractivity contribution in [1.29, 1.82) is 0 Å². The van der Waals surface area contributed by atoms with E-state index >= 15 is 0 Å². The topological polar surface area (TPSA) is 68.7 Å². The van der Waals surface area contributed by atoms with Crippen molar-refractivity contribution in [2.75, 3.05) is 7.11 Å². The quantitative estimate of drug-likeness (QED) is 0.917. The van der Waals surface area contributed by atoms with Crippen LogP contribution in [-0.2, 0) is 6.61 Å². The Morgan fingerprint density at radius 1 is 1.45 bits per heavy atom. The van der Waals surface area contributed by atoms with Crippen molar-refractivity contribution in [3.63, 3.8) is 0 Å². The number of carboxylic acid groups (broad SMARTS) is 1. The van der Waals surface area contributed by atoms with E-state index in [9.17, 15) is 9.90 Å². The highest BCUT2D eigenvalue weighted by Crippen LogP contribution is 2.35. The van der Waals surface area contributed by atoms with Gasteiger partial charge in [0.2, 0.25) is 0 Å².